The maximum atomic E-state index is 10.8. The van der Waals surface area contributed by atoms with Crippen molar-refractivity contribution < 1.29 is 9.90 Å². The molecule has 0 aromatic carbocycles. The van der Waals surface area contributed by atoms with E-state index in [-0.39, 0.29) is 5.75 Å². The van der Waals surface area contributed by atoms with Crippen molar-refractivity contribution in [2.24, 2.45) is 0 Å². The summed E-state index contributed by atoms with van der Waals surface area (Å²) < 4.78 is 2.03. The molecule has 1 aliphatic carbocycles. The number of aliphatic carboxylic acids is 1. The lowest BCUT2D eigenvalue weighted by Gasteiger charge is -2.16. The Labute approximate surface area is 127 Å². The van der Waals surface area contributed by atoms with Crippen molar-refractivity contribution in [1.82, 2.24) is 19.4 Å². The van der Waals surface area contributed by atoms with Gasteiger partial charge in [-0.3, -0.25) is 4.79 Å². The predicted molar refractivity (Wildman–Crippen MR) is 81.5 cm³/mol. The molecule has 1 aliphatic rings. The van der Waals surface area contributed by atoms with Crippen LogP contribution in [0.4, 0.5) is 0 Å². The minimum Gasteiger partial charge on any atom is -0.481 e. The van der Waals surface area contributed by atoms with Crippen LogP contribution in [0.1, 0.15) is 12.8 Å². The van der Waals surface area contributed by atoms with Crippen LogP contribution in [-0.4, -0.2) is 55.9 Å². The van der Waals surface area contributed by atoms with Crippen LogP contribution in [0.5, 0.6) is 0 Å². The summed E-state index contributed by atoms with van der Waals surface area (Å²) in [5.41, 5.74) is 1.65. The van der Waals surface area contributed by atoms with Crippen molar-refractivity contribution >= 4 is 28.9 Å². The second-order valence-corrected chi connectivity index (χ2v) is 6.23. The molecule has 3 rings (SSSR count). The third kappa shape index (κ3) is 3.36. The Morgan fingerprint density at radius 3 is 3.10 bits per heavy atom. The largest absolute Gasteiger partial charge is 0.481 e. The Bertz CT molecular complexity index is 653. The second kappa shape index (κ2) is 6.03. The molecule has 0 unspecified atom stereocenters. The second-order valence-electron chi connectivity index (χ2n) is 5.29. The molecule has 1 saturated carbocycles. The van der Waals surface area contributed by atoms with E-state index in [0.29, 0.717) is 6.04 Å². The number of hydrogen-bond donors (Lipinski definition) is 1. The van der Waals surface area contributed by atoms with Gasteiger partial charge in [0.15, 0.2) is 10.8 Å². The van der Waals surface area contributed by atoms with E-state index in [1.807, 2.05) is 16.7 Å². The number of pyridine rings is 1. The van der Waals surface area contributed by atoms with Crippen molar-refractivity contribution in [3.8, 4) is 0 Å². The minimum atomic E-state index is -0.832. The molecule has 21 heavy (non-hydrogen) atoms. The highest BCUT2D eigenvalue weighted by Gasteiger charge is 2.26. The number of thioether (sulfide) groups is 1. The fraction of sp³-hybridized carbons (Fsp3) is 0.500. The van der Waals surface area contributed by atoms with E-state index in [2.05, 4.69) is 21.9 Å². The molecule has 1 N–H and O–H groups in total. The average Bonchev–Trinajstić information content (AvgIpc) is 3.25. The fourth-order valence-electron chi connectivity index (χ4n) is 2.33. The summed E-state index contributed by atoms with van der Waals surface area (Å²) in [4.78, 5) is 22.0. The molecule has 0 bridgehead atoms. The monoisotopic (exact) mass is 306 g/mol. The van der Waals surface area contributed by atoms with Gasteiger partial charge in [-0.2, -0.15) is 0 Å². The van der Waals surface area contributed by atoms with E-state index in [1.165, 1.54) is 24.6 Å². The van der Waals surface area contributed by atoms with Gasteiger partial charge in [-0.25, -0.2) is 9.97 Å². The summed E-state index contributed by atoms with van der Waals surface area (Å²) in [6, 6.07) is 4.47. The first-order valence-electron chi connectivity index (χ1n) is 7.01. The maximum absolute atomic E-state index is 10.8. The molecular weight excluding hydrogens is 288 g/mol. The van der Waals surface area contributed by atoms with Crippen molar-refractivity contribution in [2.75, 3.05) is 19.3 Å². The standard InChI is InChI=1S/C14H18N4O2S/c1-17(10-4-5-10)7-8-18-13-11(3-2-6-15-13)16-14(18)21-9-12(19)20/h2-3,6,10H,4-5,7-9H2,1H3,(H,19,20). The Morgan fingerprint density at radius 2 is 2.38 bits per heavy atom. The van der Waals surface area contributed by atoms with E-state index in [4.69, 9.17) is 5.11 Å². The van der Waals surface area contributed by atoms with E-state index < -0.39 is 5.97 Å². The van der Waals surface area contributed by atoms with E-state index in [9.17, 15) is 4.79 Å². The topological polar surface area (TPSA) is 71.2 Å². The fourth-order valence-corrected chi connectivity index (χ4v) is 3.08. The molecular formula is C14H18N4O2S. The molecule has 0 spiro atoms. The molecule has 2 heterocycles. The molecule has 0 atom stereocenters. The number of rotatable bonds is 7. The van der Waals surface area contributed by atoms with Gasteiger partial charge in [-0.05, 0) is 32.0 Å². The van der Waals surface area contributed by atoms with Gasteiger partial charge in [0, 0.05) is 25.3 Å². The van der Waals surface area contributed by atoms with Gasteiger partial charge in [-0.15, -0.1) is 0 Å². The van der Waals surface area contributed by atoms with Crippen molar-refractivity contribution in [3.63, 3.8) is 0 Å². The first-order valence-corrected chi connectivity index (χ1v) is 8.00. The number of fused-ring (bicyclic) bond motifs is 1. The molecule has 0 aliphatic heterocycles. The summed E-state index contributed by atoms with van der Waals surface area (Å²) in [5.74, 6) is -0.816. The van der Waals surface area contributed by atoms with Crippen molar-refractivity contribution in [2.45, 2.75) is 30.6 Å². The summed E-state index contributed by atoms with van der Waals surface area (Å²) in [6.45, 7) is 1.70. The summed E-state index contributed by atoms with van der Waals surface area (Å²) in [5, 5.41) is 9.59. The summed E-state index contributed by atoms with van der Waals surface area (Å²) >= 11 is 1.25. The molecule has 0 saturated heterocycles. The highest BCUT2D eigenvalue weighted by Crippen LogP contribution is 2.26. The number of carboxylic acid groups (broad SMARTS) is 1. The van der Waals surface area contributed by atoms with Crippen LogP contribution in [0.25, 0.3) is 11.2 Å². The van der Waals surface area contributed by atoms with Gasteiger partial charge in [-0.1, -0.05) is 11.8 Å². The van der Waals surface area contributed by atoms with Crippen LogP contribution in [-0.2, 0) is 11.3 Å². The molecule has 0 amide bonds. The van der Waals surface area contributed by atoms with Gasteiger partial charge in [0.25, 0.3) is 0 Å². The normalized spacial score (nSPS) is 15.0. The average molecular weight is 306 g/mol. The molecule has 2 aromatic rings. The maximum Gasteiger partial charge on any atom is 0.313 e. The van der Waals surface area contributed by atoms with Crippen LogP contribution in [0, 0.1) is 0 Å². The lowest BCUT2D eigenvalue weighted by molar-refractivity contribution is -0.133. The number of hydrogen-bond acceptors (Lipinski definition) is 5. The number of imidazole rings is 1. The zero-order chi connectivity index (χ0) is 14.8. The highest BCUT2D eigenvalue weighted by molar-refractivity contribution is 7.99. The minimum absolute atomic E-state index is 0.0157. The third-order valence-corrected chi connectivity index (χ3v) is 4.60. The smallest absolute Gasteiger partial charge is 0.313 e. The Morgan fingerprint density at radius 1 is 1.57 bits per heavy atom. The predicted octanol–water partition coefficient (Wildman–Crippen LogP) is 1.70. The van der Waals surface area contributed by atoms with Crippen LogP contribution in [0.2, 0.25) is 0 Å². The quantitative estimate of drug-likeness (QED) is 0.785. The number of aromatic nitrogens is 3. The molecule has 2 aromatic heterocycles. The Hall–Kier alpha value is -1.60. The summed E-state index contributed by atoms with van der Waals surface area (Å²) in [6.07, 6.45) is 4.30. The van der Waals surface area contributed by atoms with E-state index in [0.717, 1.165) is 29.4 Å². The number of carboxylic acids is 1. The first-order chi connectivity index (χ1) is 10.1. The molecule has 6 nitrogen and oxygen atoms in total. The van der Waals surface area contributed by atoms with Gasteiger partial charge in [0.05, 0.1) is 5.75 Å². The van der Waals surface area contributed by atoms with Gasteiger partial charge in [0.1, 0.15) is 5.52 Å². The number of nitrogens with zero attached hydrogens (tertiary/aromatic N) is 4. The van der Waals surface area contributed by atoms with E-state index in [1.54, 1.807) is 6.20 Å². The van der Waals surface area contributed by atoms with E-state index >= 15 is 0 Å². The van der Waals surface area contributed by atoms with Crippen molar-refractivity contribution in [1.29, 1.82) is 0 Å². The highest BCUT2D eigenvalue weighted by atomic mass is 32.2. The van der Waals surface area contributed by atoms with Crippen LogP contribution in [0.15, 0.2) is 23.5 Å². The summed E-state index contributed by atoms with van der Waals surface area (Å²) in [7, 11) is 2.13. The Kier molecular flexibility index (Phi) is 4.12. The zero-order valence-corrected chi connectivity index (χ0v) is 12.7. The SMILES string of the molecule is CN(CCn1c(SCC(=O)O)nc2cccnc21)C1CC1. The van der Waals surface area contributed by atoms with Gasteiger partial charge < -0.3 is 14.6 Å². The molecule has 0 radical (unpaired) electrons. The van der Waals surface area contributed by atoms with Crippen LogP contribution < -0.4 is 0 Å². The number of likely N-dealkylation sites (N-methyl/N-ethyl adjacent to an activating group) is 1. The zero-order valence-electron chi connectivity index (χ0n) is 11.9. The van der Waals surface area contributed by atoms with Crippen LogP contribution in [0.3, 0.4) is 0 Å². The molecule has 112 valence electrons. The lowest BCUT2D eigenvalue weighted by atomic mass is 10.4. The number of carbonyl (C=O) groups is 1. The van der Waals surface area contributed by atoms with Crippen molar-refractivity contribution in [3.05, 3.63) is 18.3 Å². The van der Waals surface area contributed by atoms with Gasteiger partial charge in [0.2, 0.25) is 0 Å². The first kappa shape index (κ1) is 14.3. The molecule has 7 heteroatoms. The third-order valence-electron chi connectivity index (χ3n) is 3.64. The van der Waals surface area contributed by atoms with Gasteiger partial charge >= 0.3 is 5.97 Å². The Balaban J connectivity index is 1.81. The molecule has 1 fully saturated rings. The van der Waals surface area contributed by atoms with Crippen LogP contribution >= 0.6 is 11.8 Å². The lowest BCUT2D eigenvalue weighted by Crippen LogP contribution is -2.25.